The highest BCUT2D eigenvalue weighted by Crippen LogP contribution is 2.06. The van der Waals surface area contributed by atoms with Gasteiger partial charge >= 0.3 is 0 Å². The number of nitrogens with one attached hydrogen (secondary N) is 2. The van der Waals surface area contributed by atoms with Crippen molar-refractivity contribution < 1.29 is 0 Å². The van der Waals surface area contributed by atoms with Crippen LogP contribution in [0.3, 0.4) is 0 Å². The number of allylic oxidation sites excluding steroid dienone is 1. The van der Waals surface area contributed by atoms with Crippen LogP contribution in [-0.4, -0.2) is 12.2 Å². The Morgan fingerprint density at radius 1 is 1.75 bits per heavy atom. The van der Waals surface area contributed by atoms with Crippen molar-refractivity contribution in [3.8, 4) is 0 Å². The van der Waals surface area contributed by atoms with Crippen molar-refractivity contribution in [1.82, 2.24) is 10.6 Å². The third kappa shape index (κ3) is 2.27. The fraction of sp³-hybridized carbons (Fsp3) is 0.556. The topological polar surface area (TPSA) is 50.1 Å². The first-order chi connectivity index (χ1) is 5.59. The fourth-order valence-electron chi connectivity index (χ4n) is 1.28. The molecule has 0 amide bonds. The summed E-state index contributed by atoms with van der Waals surface area (Å²) in [5, 5.41) is 6.50. The molecule has 1 heterocycles. The molecule has 0 radical (unpaired) electrons. The summed E-state index contributed by atoms with van der Waals surface area (Å²) in [5.74, 6) is 0. The summed E-state index contributed by atoms with van der Waals surface area (Å²) in [7, 11) is 0. The van der Waals surface area contributed by atoms with Gasteiger partial charge in [0.15, 0.2) is 0 Å². The smallest absolute Gasteiger partial charge is 0.118 e. The van der Waals surface area contributed by atoms with Crippen molar-refractivity contribution in [3.63, 3.8) is 0 Å². The van der Waals surface area contributed by atoms with Gasteiger partial charge in [-0.25, -0.2) is 0 Å². The molecule has 1 aliphatic heterocycles. The SMILES string of the molecule is CC1=CNC(/C(C)=C\C(C)N)N1. The van der Waals surface area contributed by atoms with E-state index >= 15 is 0 Å². The summed E-state index contributed by atoms with van der Waals surface area (Å²) in [6.45, 7) is 6.07. The van der Waals surface area contributed by atoms with Crippen LogP contribution in [0.2, 0.25) is 0 Å². The van der Waals surface area contributed by atoms with Gasteiger partial charge in [-0.2, -0.15) is 0 Å². The molecule has 0 spiro atoms. The predicted octanol–water partition coefficient (Wildman–Crippen LogP) is 0.660. The van der Waals surface area contributed by atoms with Gasteiger partial charge in [0.25, 0.3) is 0 Å². The predicted molar refractivity (Wildman–Crippen MR) is 51.2 cm³/mol. The quantitative estimate of drug-likeness (QED) is 0.530. The first-order valence-corrected chi connectivity index (χ1v) is 4.23. The minimum Gasteiger partial charge on any atom is -0.366 e. The fourth-order valence-corrected chi connectivity index (χ4v) is 1.28. The van der Waals surface area contributed by atoms with Gasteiger partial charge in [-0.1, -0.05) is 6.08 Å². The highest BCUT2D eigenvalue weighted by molar-refractivity contribution is 5.18. The van der Waals surface area contributed by atoms with E-state index in [0.717, 1.165) is 5.70 Å². The largest absolute Gasteiger partial charge is 0.366 e. The van der Waals surface area contributed by atoms with E-state index in [2.05, 4.69) is 23.6 Å². The van der Waals surface area contributed by atoms with Gasteiger partial charge in [-0.3, -0.25) is 0 Å². The molecule has 2 atom stereocenters. The molecular weight excluding hydrogens is 150 g/mol. The Balaban J connectivity index is 2.51. The summed E-state index contributed by atoms with van der Waals surface area (Å²) in [6.07, 6.45) is 4.26. The Bertz CT molecular complexity index is 216. The van der Waals surface area contributed by atoms with Gasteiger partial charge in [0, 0.05) is 17.9 Å². The summed E-state index contributed by atoms with van der Waals surface area (Å²) >= 11 is 0. The summed E-state index contributed by atoms with van der Waals surface area (Å²) in [6, 6.07) is 0.120. The zero-order valence-corrected chi connectivity index (χ0v) is 7.89. The molecule has 1 aliphatic rings. The highest BCUT2D eigenvalue weighted by Gasteiger charge is 2.13. The molecule has 0 fully saturated rings. The molecule has 3 heteroatoms. The monoisotopic (exact) mass is 167 g/mol. The lowest BCUT2D eigenvalue weighted by molar-refractivity contribution is 0.632. The zero-order chi connectivity index (χ0) is 9.14. The summed E-state index contributed by atoms with van der Waals surface area (Å²) in [5.41, 5.74) is 8.05. The number of hydrogen-bond donors (Lipinski definition) is 3. The lowest BCUT2D eigenvalue weighted by Crippen LogP contribution is -2.33. The molecule has 0 bridgehead atoms. The Hall–Kier alpha value is -0.960. The van der Waals surface area contributed by atoms with Gasteiger partial charge < -0.3 is 16.4 Å². The Morgan fingerprint density at radius 3 is 2.83 bits per heavy atom. The van der Waals surface area contributed by atoms with Gasteiger partial charge in [-0.15, -0.1) is 0 Å². The van der Waals surface area contributed by atoms with Crippen molar-refractivity contribution in [1.29, 1.82) is 0 Å². The van der Waals surface area contributed by atoms with E-state index in [4.69, 9.17) is 5.73 Å². The molecule has 0 saturated heterocycles. The first-order valence-electron chi connectivity index (χ1n) is 4.23. The van der Waals surface area contributed by atoms with Crippen LogP contribution in [0.15, 0.2) is 23.5 Å². The average molecular weight is 167 g/mol. The van der Waals surface area contributed by atoms with Crippen LogP contribution < -0.4 is 16.4 Å². The van der Waals surface area contributed by atoms with Gasteiger partial charge in [0.2, 0.25) is 0 Å². The van der Waals surface area contributed by atoms with Crippen LogP contribution in [-0.2, 0) is 0 Å². The Labute approximate surface area is 73.7 Å². The van der Waals surface area contributed by atoms with E-state index in [-0.39, 0.29) is 12.2 Å². The van der Waals surface area contributed by atoms with Crippen LogP contribution in [0.5, 0.6) is 0 Å². The van der Waals surface area contributed by atoms with Gasteiger partial charge in [-0.05, 0) is 26.3 Å². The number of hydrogen-bond acceptors (Lipinski definition) is 3. The van der Waals surface area contributed by atoms with E-state index < -0.39 is 0 Å². The van der Waals surface area contributed by atoms with E-state index in [1.54, 1.807) is 0 Å². The number of rotatable bonds is 2. The molecule has 3 nitrogen and oxygen atoms in total. The maximum atomic E-state index is 5.65. The molecule has 0 aliphatic carbocycles. The summed E-state index contributed by atoms with van der Waals surface area (Å²) < 4.78 is 0. The molecule has 0 aromatic heterocycles. The van der Waals surface area contributed by atoms with Crippen LogP contribution in [0.25, 0.3) is 0 Å². The molecule has 2 unspecified atom stereocenters. The van der Waals surface area contributed by atoms with Gasteiger partial charge in [0.1, 0.15) is 6.17 Å². The summed E-state index contributed by atoms with van der Waals surface area (Å²) in [4.78, 5) is 0. The Morgan fingerprint density at radius 2 is 2.42 bits per heavy atom. The van der Waals surface area contributed by atoms with Crippen LogP contribution in [0.1, 0.15) is 20.8 Å². The van der Waals surface area contributed by atoms with E-state index in [0.29, 0.717) is 0 Å². The van der Waals surface area contributed by atoms with Crippen molar-refractivity contribution >= 4 is 0 Å². The molecule has 4 N–H and O–H groups in total. The zero-order valence-electron chi connectivity index (χ0n) is 7.89. The standard InChI is InChI=1S/C9H17N3/c1-6(4-7(2)10)9-11-5-8(3)12-9/h4-5,7,9,11-12H,10H2,1-3H3/b6-4-. The second kappa shape index (κ2) is 3.63. The van der Waals surface area contributed by atoms with Crippen LogP contribution in [0.4, 0.5) is 0 Å². The molecule has 68 valence electrons. The minimum atomic E-state index is 0.120. The van der Waals surface area contributed by atoms with E-state index in [1.807, 2.05) is 20.0 Å². The third-order valence-corrected chi connectivity index (χ3v) is 1.82. The maximum Gasteiger partial charge on any atom is 0.118 e. The second-order valence-corrected chi connectivity index (χ2v) is 3.34. The molecule has 1 rings (SSSR count). The van der Waals surface area contributed by atoms with E-state index in [9.17, 15) is 0 Å². The molecule has 0 aromatic carbocycles. The second-order valence-electron chi connectivity index (χ2n) is 3.34. The lowest BCUT2D eigenvalue weighted by Gasteiger charge is -2.14. The van der Waals surface area contributed by atoms with Crippen molar-refractivity contribution in [2.24, 2.45) is 5.73 Å². The molecule has 0 aromatic rings. The number of nitrogens with two attached hydrogens (primary N) is 1. The third-order valence-electron chi connectivity index (χ3n) is 1.82. The van der Waals surface area contributed by atoms with Crippen molar-refractivity contribution in [2.45, 2.75) is 33.0 Å². The molecular formula is C9H17N3. The lowest BCUT2D eigenvalue weighted by atomic mass is 10.1. The normalized spacial score (nSPS) is 25.8. The van der Waals surface area contributed by atoms with E-state index in [1.165, 1.54) is 5.57 Å². The average Bonchev–Trinajstić information content (AvgIpc) is 2.34. The molecule has 12 heavy (non-hydrogen) atoms. The minimum absolute atomic E-state index is 0.120. The first kappa shape index (κ1) is 9.13. The van der Waals surface area contributed by atoms with Crippen LogP contribution in [0, 0.1) is 0 Å². The van der Waals surface area contributed by atoms with Crippen molar-refractivity contribution in [2.75, 3.05) is 0 Å². The Kier molecular flexibility index (Phi) is 2.76. The highest BCUT2D eigenvalue weighted by atomic mass is 15.2. The maximum absolute atomic E-state index is 5.65. The van der Waals surface area contributed by atoms with Crippen molar-refractivity contribution in [3.05, 3.63) is 23.5 Å². The molecule has 0 saturated carbocycles. The van der Waals surface area contributed by atoms with Gasteiger partial charge in [0.05, 0.1) is 0 Å². The van der Waals surface area contributed by atoms with Crippen LogP contribution >= 0.6 is 0 Å².